The van der Waals surface area contributed by atoms with Gasteiger partial charge in [-0.1, -0.05) is 12.1 Å². The van der Waals surface area contributed by atoms with Gasteiger partial charge >= 0.3 is 6.18 Å². The summed E-state index contributed by atoms with van der Waals surface area (Å²) in [5.74, 6) is -2.92. The van der Waals surface area contributed by atoms with Crippen LogP contribution in [0.4, 0.5) is 40.7 Å². The third-order valence-electron chi connectivity index (χ3n) is 4.70. The number of primary amides is 1. The van der Waals surface area contributed by atoms with Crippen molar-refractivity contribution >= 4 is 40.1 Å². The molecule has 1 amide bonds. The van der Waals surface area contributed by atoms with Crippen LogP contribution in [0.1, 0.15) is 21.5 Å². The van der Waals surface area contributed by atoms with Crippen LogP contribution in [0, 0.1) is 5.82 Å². The lowest BCUT2D eigenvalue weighted by Crippen LogP contribution is -2.22. The van der Waals surface area contributed by atoms with Gasteiger partial charge in [0.25, 0.3) is 5.91 Å². The molecule has 0 fully saturated rings. The van der Waals surface area contributed by atoms with Crippen molar-refractivity contribution in [3.05, 3.63) is 71.2 Å². The van der Waals surface area contributed by atoms with E-state index in [0.717, 1.165) is 12.1 Å². The quantitative estimate of drug-likeness (QED) is 0.294. The summed E-state index contributed by atoms with van der Waals surface area (Å²) in [5.41, 5.74) is 4.80. The standard InChI is InChI=1S/C21H20F4N6O3S/c1-31(11-35(33)34)14-4-2-3-12(7-14)9-27-19-16(21(23,24)25)10-28-20(30-19)29-13-5-6-15(18(26)32)17(22)8-13/h2-8,10H,9,11H2,1H3,(H2,26,32)(H,33,34)(H2,27,28,29,30)/p-1. The zero-order chi connectivity index (χ0) is 25.8. The number of aromatic nitrogens is 2. The minimum atomic E-state index is -4.75. The van der Waals surface area contributed by atoms with E-state index in [0.29, 0.717) is 17.4 Å². The monoisotopic (exact) mass is 511 g/mol. The number of nitrogens with two attached hydrogens (primary N) is 1. The number of alkyl halides is 3. The molecule has 0 aliphatic rings. The molecule has 0 saturated heterocycles. The smallest absolute Gasteiger partial charge is 0.421 e. The second-order valence-corrected chi connectivity index (χ2v) is 8.16. The Bertz CT molecular complexity index is 1260. The summed E-state index contributed by atoms with van der Waals surface area (Å²) in [6.45, 7) is -0.0659. The number of nitrogens with one attached hydrogen (secondary N) is 2. The van der Waals surface area contributed by atoms with Gasteiger partial charge in [-0.2, -0.15) is 18.2 Å². The lowest BCUT2D eigenvalue weighted by molar-refractivity contribution is -0.137. The Morgan fingerprint density at radius 2 is 1.97 bits per heavy atom. The summed E-state index contributed by atoms with van der Waals surface area (Å²) in [6, 6.07) is 9.92. The lowest BCUT2D eigenvalue weighted by atomic mass is 10.2. The molecule has 0 bridgehead atoms. The molecule has 1 heterocycles. The second-order valence-electron chi connectivity index (χ2n) is 7.29. The summed E-state index contributed by atoms with van der Waals surface area (Å²) >= 11 is -2.31. The molecule has 0 saturated carbocycles. The highest BCUT2D eigenvalue weighted by Gasteiger charge is 2.35. The van der Waals surface area contributed by atoms with Crippen molar-refractivity contribution in [2.75, 3.05) is 28.5 Å². The number of amides is 1. The summed E-state index contributed by atoms with van der Waals surface area (Å²) in [7, 11) is 1.56. The van der Waals surface area contributed by atoms with Crippen LogP contribution in [0.25, 0.3) is 0 Å². The van der Waals surface area contributed by atoms with Crippen molar-refractivity contribution in [2.45, 2.75) is 12.7 Å². The molecule has 0 radical (unpaired) electrons. The highest BCUT2D eigenvalue weighted by molar-refractivity contribution is 7.79. The first-order valence-electron chi connectivity index (χ1n) is 9.84. The maximum atomic E-state index is 14.0. The highest BCUT2D eigenvalue weighted by Crippen LogP contribution is 2.34. The molecule has 0 aliphatic carbocycles. The predicted molar refractivity (Wildman–Crippen MR) is 121 cm³/mol. The van der Waals surface area contributed by atoms with Crippen LogP contribution in [0.15, 0.2) is 48.7 Å². The van der Waals surface area contributed by atoms with Gasteiger partial charge in [-0.25, -0.2) is 9.37 Å². The minimum Gasteiger partial charge on any atom is -0.771 e. The van der Waals surface area contributed by atoms with Crippen LogP contribution in [-0.4, -0.2) is 37.6 Å². The first-order chi connectivity index (χ1) is 16.4. The van der Waals surface area contributed by atoms with Crippen LogP contribution in [0.2, 0.25) is 0 Å². The van der Waals surface area contributed by atoms with Gasteiger partial charge in [-0.15, -0.1) is 0 Å². The third kappa shape index (κ3) is 6.86. The third-order valence-corrected chi connectivity index (χ3v) is 5.29. The van der Waals surface area contributed by atoms with Crippen molar-refractivity contribution in [1.82, 2.24) is 9.97 Å². The fourth-order valence-electron chi connectivity index (χ4n) is 3.03. The number of nitrogens with zero attached hydrogens (tertiary/aromatic N) is 3. The van der Waals surface area contributed by atoms with Crippen molar-refractivity contribution in [3.63, 3.8) is 0 Å². The molecule has 2 aromatic carbocycles. The lowest BCUT2D eigenvalue weighted by Gasteiger charge is -2.21. The highest BCUT2D eigenvalue weighted by atomic mass is 32.2. The summed E-state index contributed by atoms with van der Waals surface area (Å²) in [6.07, 6.45) is -4.17. The van der Waals surface area contributed by atoms with E-state index in [1.165, 1.54) is 11.0 Å². The summed E-state index contributed by atoms with van der Waals surface area (Å²) < 4.78 is 76.3. The number of carbonyl (C=O) groups is 1. The van der Waals surface area contributed by atoms with Gasteiger partial charge in [0.2, 0.25) is 5.95 Å². The predicted octanol–water partition coefficient (Wildman–Crippen LogP) is 3.36. The fraction of sp³-hybridized carbons (Fsp3) is 0.190. The zero-order valence-corrected chi connectivity index (χ0v) is 18.9. The number of hydrogen-bond acceptors (Lipinski definition) is 8. The van der Waals surface area contributed by atoms with Crippen LogP contribution >= 0.6 is 0 Å². The molecule has 3 rings (SSSR count). The Labute approximate surface area is 199 Å². The Balaban J connectivity index is 1.83. The fourth-order valence-corrected chi connectivity index (χ4v) is 3.49. The first-order valence-corrected chi connectivity index (χ1v) is 11.1. The van der Waals surface area contributed by atoms with Gasteiger partial charge in [-0.3, -0.25) is 9.00 Å². The normalized spacial score (nSPS) is 12.2. The van der Waals surface area contributed by atoms with Gasteiger partial charge in [0.05, 0.1) is 11.4 Å². The molecule has 1 atom stereocenters. The van der Waals surface area contributed by atoms with Crippen LogP contribution in [0.5, 0.6) is 0 Å². The molecule has 3 aromatic rings. The number of rotatable bonds is 9. The van der Waals surface area contributed by atoms with Gasteiger partial charge in [0, 0.05) is 31.2 Å². The Hall–Kier alpha value is -3.78. The maximum Gasteiger partial charge on any atom is 0.421 e. The Kier molecular flexibility index (Phi) is 7.86. The van der Waals surface area contributed by atoms with Gasteiger partial charge < -0.3 is 25.8 Å². The van der Waals surface area contributed by atoms with Gasteiger partial charge in [0.15, 0.2) is 0 Å². The average molecular weight is 511 g/mol. The zero-order valence-electron chi connectivity index (χ0n) is 18.1. The molecule has 14 heteroatoms. The summed E-state index contributed by atoms with van der Waals surface area (Å²) in [4.78, 5) is 20.1. The van der Waals surface area contributed by atoms with Crippen LogP contribution in [-0.2, 0) is 23.8 Å². The largest absolute Gasteiger partial charge is 0.771 e. The topological polar surface area (TPSA) is 136 Å². The Morgan fingerprint density at radius 3 is 2.60 bits per heavy atom. The van der Waals surface area contributed by atoms with Crippen molar-refractivity contribution in [2.24, 2.45) is 5.73 Å². The number of anilines is 4. The van der Waals surface area contributed by atoms with E-state index in [2.05, 4.69) is 20.6 Å². The molecule has 35 heavy (non-hydrogen) atoms. The molecular weight excluding hydrogens is 492 g/mol. The van der Waals surface area contributed by atoms with Crippen molar-refractivity contribution < 1.29 is 31.1 Å². The molecule has 0 spiro atoms. The SMILES string of the molecule is CN(CS(=O)[O-])c1cccc(CNc2nc(Nc3ccc(C(N)=O)c(F)c3)ncc2C(F)(F)F)c1. The molecule has 4 N–H and O–H groups in total. The van der Waals surface area contributed by atoms with Gasteiger partial charge in [0.1, 0.15) is 17.2 Å². The van der Waals surface area contributed by atoms with E-state index in [9.17, 15) is 31.1 Å². The first kappa shape index (κ1) is 25.8. The maximum absolute atomic E-state index is 14.0. The number of benzene rings is 2. The Morgan fingerprint density at radius 1 is 1.23 bits per heavy atom. The van der Waals surface area contributed by atoms with E-state index in [-0.39, 0.29) is 29.6 Å². The summed E-state index contributed by atoms with van der Waals surface area (Å²) in [5, 5.41) is 5.20. The molecule has 186 valence electrons. The van der Waals surface area contributed by atoms with E-state index >= 15 is 0 Å². The van der Waals surface area contributed by atoms with Gasteiger partial charge in [-0.05, 0) is 47.0 Å². The van der Waals surface area contributed by atoms with Crippen molar-refractivity contribution in [3.8, 4) is 0 Å². The van der Waals surface area contributed by atoms with Crippen molar-refractivity contribution in [1.29, 1.82) is 0 Å². The van der Waals surface area contributed by atoms with Crippen LogP contribution in [0.3, 0.4) is 0 Å². The van der Waals surface area contributed by atoms with E-state index in [1.807, 2.05) is 0 Å². The molecule has 0 aliphatic heterocycles. The second kappa shape index (κ2) is 10.7. The molecule has 1 aromatic heterocycles. The van der Waals surface area contributed by atoms with E-state index in [4.69, 9.17) is 5.73 Å². The average Bonchev–Trinajstić information content (AvgIpc) is 2.76. The van der Waals surface area contributed by atoms with E-state index in [1.54, 1.807) is 31.3 Å². The molecule has 9 nitrogen and oxygen atoms in total. The number of hydrogen-bond donors (Lipinski definition) is 3. The number of carbonyl (C=O) groups excluding carboxylic acids is 1. The van der Waals surface area contributed by atoms with Crippen LogP contribution < -0.4 is 21.3 Å². The minimum absolute atomic E-state index is 0.0659. The molecular formula is C21H19F4N6O3S-. The molecule has 1 unspecified atom stereocenters. The number of halogens is 4. The van der Waals surface area contributed by atoms with E-state index < -0.39 is 40.4 Å².